The molecule has 0 unspecified atom stereocenters. The number of hydrogen-bond donors (Lipinski definition) is 0. The molecular formula is C15H28IN5O4. The number of hydrogen-bond acceptors (Lipinski definition) is 9. The Bertz CT molecular complexity index is 429. The Kier molecular flexibility index (Phi) is 11.9. The van der Waals surface area contributed by atoms with Gasteiger partial charge in [-0.2, -0.15) is 15.0 Å². The average molecular weight is 469 g/mol. The molecular weight excluding hydrogens is 441 g/mol. The Hall–Kier alpha value is -0.820. The highest BCUT2D eigenvalue weighted by molar-refractivity contribution is 14.1. The molecule has 0 N–H and O–H groups in total. The monoisotopic (exact) mass is 469 g/mol. The predicted octanol–water partition coefficient (Wildman–Crippen LogP) is 2.06. The van der Waals surface area contributed by atoms with Gasteiger partial charge >= 0.3 is 0 Å². The molecule has 1 heterocycles. The van der Waals surface area contributed by atoms with E-state index in [1.165, 1.54) is 0 Å². The van der Waals surface area contributed by atoms with Crippen LogP contribution in [0.5, 0.6) is 0 Å². The van der Waals surface area contributed by atoms with Crippen LogP contribution in [0.1, 0.15) is 27.7 Å². The molecule has 0 aromatic carbocycles. The fourth-order valence-electron chi connectivity index (χ4n) is 1.72. The average Bonchev–Trinajstić information content (AvgIpc) is 2.61. The number of anilines is 2. The molecule has 0 saturated heterocycles. The molecule has 10 heteroatoms. The van der Waals surface area contributed by atoms with Gasteiger partial charge in [-0.25, -0.2) is 0 Å². The molecule has 0 amide bonds. The second kappa shape index (κ2) is 13.4. The van der Waals surface area contributed by atoms with Crippen LogP contribution < -0.4 is 9.80 Å². The van der Waals surface area contributed by atoms with Crippen molar-refractivity contribution >= 4 is 34.5 Å². The second-order valence-corrected chi connectivity index (χ2v) is 5.74. The first-order valence-corrected chi connectivity index (χ1v) is 9.46. The van der Waals surface area contributed by atoms with Crippen LogP contribution in [0.2, 0.25) is 0 Å². The van der Waals surface area contributed by atoms with Crippen molar-refractivity contribution in [1.29, 1.82) is 0 Å². The molecule has 1 aromatic heterocycles. The highest BCUT2D eigenvalue weighted by atomic mass is 127. The Balaban J connectivity index is 3.02. The van der Waals surface area contributed by atoms with E-state index < -0.39 is 0 Å². The third kappa shape index (κ3) is 8.40. The summed E-state index contributed by atoms with van der Waals surface area (Å²) in [5.41, 5.74) is 0. The minimum absolute atomic E-state index is 0.340. The van der Waals surface area contributed by atoms with Crippen LogP contribution >= 0.6 is 22.6 Å². The molecule has 0 bridgehead atoms. The number of halogens is 1. The highest BCUT2D eigenvalue weighted by Gasteiger charge is 2.17. The zero-order valence-corrected chi connectivity index (χ0v) is 17.6. The summed E-state index contributed by atoms with van der Waals surface area (Å²) in [4.78, 5) is 17.0. The highest BCUT2D eigenvalue weighted by Crippen LogP contribution is 2.16. The standard InChI is InChI=1S/C15H28IN5O4/c1-5-22-9-20(10-23-6-2)14-17-13(16)18-15(19-14)21(11-24-7-3)12-25-8-4/h5-12H2,1-4H3. The van der Waals surface area contributed by atoms with E-state index in [9.17, 15) is 0 Å². The fourth-order valence-corrected chi connectivity index (χ4v) is 2.16. The molecule has 0 aliphatic rings. The molecule has 0 fully saturated rings. The Morgan fingerprint density at radius 1 is 0.640 bits per heavy atom. The molecule has 144 valence electrons. The van der Waals surface area contributed by atoms with Gasteiger partial charge in [-0.05, 0) is 27.7 Å². The normalized spacial score (nSPS) is 10.9. The van der Waals surface area contributed by atoms with E-state index in [2.05, 4.69) is 37.5 Å². The number of nitrogens with zero attached hydrogens (tertiary/aromatic N) is 5. The first-order valence-electron chi connectivity index (χ1n) is 8.38. The Morgan fingerprint density at radius 2 is 0.960 bits per heavy atom. The quantitative estimate of drug-likeness (QED) is 0.301. The van der Waals surface area contributed by atoms with Crippen LogP contribution in [0, 0.1) is 3.83 Å². The van der Waals surface area contributed by atoms with Gasteiger partial charge < -0.3 is 18.9 Å². The minimum atomic E-state index is 0.340. The topological polar surface area (TPSA) is 82.1 Å². The molecule has 25 heavy (non-hydrogen) atoms. The Morgan fingerprint density at radius 3 is 1.24 bits per heavy atom. The summed E-state index contributed by atoms with van der Waals surface area (Å²) in [7, 11) is 0. The van der Waals surface area contributed by atoms with E-state index in [1.807, 2.05) is 37.5 Å². The van der Waals surface area contributed by atoms with Gasteiger partial charge in [-0.1, -0.05) is 0 Å². The molecule has 1 aromatic rings. The van der Waals surface area contributed by atoms with Crippen molar-refractivity contribution in [3.63, 3.8) is 0 Å². The van der Waals surface area contributed by atoms with Crippen LogP contribution in [-0.2, 0) is 18.9 Å². The van der Waals surface area contributed by atoms with E-state index in [0.717, 1.165) is 0 Å². The van der Waals surface area contributed by atoms with Crippen molar-refractivity contribution in [1.82, 2.24) is 15.0 Å². The van der Waals surface area contributed by atoms with Crippen LogP contribution in [0.15, 0.2) is 0 Å². The predicted molar refractivity (Wildman–Crippen MR) is 103 cm³/mol. The molecule has 0 atom stereocenters. The molecule has 0 saturated carbocycles. The lowest BCUT2D eigenvalue weighted by molar-refractivity contribution is 0.0926. The number of aromatic nitrogens is 3. The number of rotatable bonds is 14. The molecule has 0 aliphatic carbocycles. The molecule has 1 rings (SSSR count). The first kappa shape index (κ1) is 22.2. The summed E-state index contributed by atoms with van der Waals surface area (Å²) >= 11 is 2.07. The van der Waals surface area contributed by atoms with Gasteiger partial charge in [0, 0.05) is 49.0 Å². The van der Waals surface area contributed by atoms with Gasteiger partial charge in [0.05, 0.1) is 0 Å². The van der Waals surface area contributed by atoms with Crippen LogP contribution in [-0.4, -0.2) is 68.3 Å². The van der Waals surface area contributed by atoms with Crippen molar-refractivity contribution in [2.75, 3.05) is 63.2 Å². The molecule has 0 spiro atoms. The minimum Gasteiger partial charge on any atom is -0.361 e. The maximum atomic E-state index is 5.50. The van der Waals surface area contributed by atoms with Crippen molar-refractivity contribution in [3.05, 3.63) is 3.83 Å². The first-order chi connectivity index (χ1) is 12.2. The van der Waals surface area contributed by atoms with Gasteiger partial charge in [0.1, 0.15) is 26.9 Å². The van der Waals surface area contributed by atoms with Crippen molar-refractivity contribution in [2.45, 2.75) is 27.7 Å². The van der Waals surface area contributed by atoms with Gasteiger partial charge in [-0.15, -0.1) is 0 Å². The van der Waals surface area contributed by atoms with E-state index >= 15 is 0 Å². The van der Waals surface area contributed by atoms with Crippen molar-refractivity contribution in [3.8, 4) is 0 Å². The lowest BCUT2D eigenvalue weighted by atomic mass is 10.7. The summed E-state index contributed by atoms with van der Waals surface area (Å²) in [6, 6.07) is 0. The fraction of sp³-hybridized carbons (Fsp3) is 0.800. The van der Waals surface area contributed by atoms with Crippen molar-refractivity contribution < 1.29 is 18.9 Å². The van der Waals surface area contributed by atoms with Gasteiger partial charge in [0.2, 0.25) is 11.9 Å². The summed E-state index contributed by atoms with van der Waals surface area (Å²) in [5, 5.41) is 0. The van der Waals surface area contributed by atoms with E-state index in [0.29, 0.717) is 69.1 Å². The molecule has 0 aliphatic heterocycles. The second-order valence-electron chi connectivity index (χ2n) is 4.77. The smallest absolute Gasteiger partial charge is 0.234 e. The summed E-state index contributed by atoms with van der Waals surface area (Å²) in [6.07, 6.45) is 0. The van der Waals surface area contributed by atoms with Crippen LogP contribution in [0.25, 0.3) is 0 Å². The van der Waals surface area contributed by atoms with Gasteiger partial charge in [-0.3, -0.25) is 9.80 Å². The summed E-state index contributed by atoms with van der Waals surface area (Å²) < 4.78 is 22.6. The van der Waals surface area contributed by atoms with Crippen LogP contribution in [0.3, 0.4) is 0 Å². The van der Waals surface area contributed by atoms with E-state index in [4.69, 9.17) is 18.9 Å². The SMILES string of the molecule is CCOCN(COCC)c1nc(I)nc(N(COCC)COCC)n1. The van der Waals surface area contributed by atoms with Crippen molar-refractivity contribution in [2.24, 2.45) is 0 Å². The van der Waals surface area contributed by atoms with Gasteiger partial charge in [0.15, 0.2) is 3.83 Å². The lowest BCUT2D eigenvalue weighted by Crippen LogP contribution is -2.34. The van der Waals surface area contributed by atoms with E-state index in [-0.39, 0.29) is 0 Å². The maximum absolute atomic E-state index is 5.50. The number of ether oxygens (including phenoxy) is 4. The van der Waals surface area contributed by atoms with Crippen LogP contribution in [0.4, 0.5) is 11.9 Å². The van der Waals surface area contributed by atoms with E-state index in [1.54, 1.807) is 0 Å². The van der Waals surface area contributed by atoms with Gasteiger partial charge in [0.25, 0.3) is 0 Å². The zero-order valence-electron chi connectivity index (χ0n) is 15.4. The third-order valence-corrected chi connectivity index (χ3v) is 3.44. The molecule has 9 nitrogen and oxygen atoms in total. The maximum Gasteiger partial charge on any atom is 0.234 e. The summed E-state index contributed by atoms with van der Waals surface area (Å²) in [6.45, 7) is 11.5. The molecule has 0 radical (unpaired) electrons. The lowest BCUT2D eigenvalue weighted by Gasteiger charge is -2.25. The summed E-state index contributed by atoms with van der Waals surface area (Å²) in [5.74, 6) is 0.989. The zero-order chi connectivity index (χ0) is 18.5. The Labute approximate surface area is 163 Å². The largest absolute Gasteiger partial charge is 0.361 e. The third-order valence-electron chi connectivity index (χ3n) is 2.96.